The monoisotopic (exact) mass is 554 g/mol. The number of benzene rings is 4. The molecule has 1 aliphatic carbocycles. The Hall–Kier alpha value is -4.24. The van der Waals surface area contributed by atoms with Gasteiger partial charge >= 0.3 is 0 Å². The van der Waals surface area contributed by atoms with Gasteiger partial charge in [-0.3, -0.25) is 29.5 Å². The highest BCUT2D eigenvalue weighted by atomic mass is 32.2. The average Bonchev–Trinajstić information content (AvgIpc) is 3.28. The molecule has 12 nitrogen and oxygen atoms in total. The molecule has 0 unspecified atom stereocenters. The van der Waals surface area contributed by atoms with Crippen molar-refractivity contribution in [3.8, 4) is 0 Å². The third kappa shape index (κ3) is 4.72. The molecule has 0 amide bonds. The third-order valence-electron chi connectivity index (χ3n) is 6.07. The van der Waals surface area contributed by atoms with Crippen molar-refractivity contribution >= 4 is 42.4 Å². The fraction of sp³-hybridized carbons (Fsp3) is 0.0833. The van der Waals surface area contributed by atoms with Crippen LogP contribution in [-0.2, 0) is 33.1 Å². The Morgan fingerprint density at radius 3 is 2.16 bits per heavy atom. The van der Waals surface area contributed by atoms with E-state index in [0.717, 1.165) is 23.8 Å². The minimum Gasteiger partial charge on any atom is -0.287 e. The Labute approximate surface area is 214 Å². The summed E-state index contributed by atoms with van der Waals surface area (Å²) in [4.78, 5) is 24.7. The molecule has 0 saturated carbocycles. The Kier molecular flexibility index (Phi) is 6.19. The van der Waals surface area contributed by atoms with E-state index < -0.39 is 36.5 Å². The summed E-state index contributed by atoms with van der Waals surface area (Å²) >= 11 is 0. The zero-order valence-electron chi connectivity index (χ0n) is 19.2. The van der Waals surface area contributed by atoms with Gasteiger partial charge in [0.15, 0.2) is 5.36 Å². The van der Waals surface area contributed by atoms with E-state index in [0.29, 0.717) is 34.9 Å². The lowest BCUT2D eigenvalue weighted by molar-refractivity contribution is 0.480. The van der Waals surface area contributed by atoms with Crippen LogP contribution in [0.5, 0.6) is 0 Å². The van der Waals surface area contributed by atoms with Crippen LogP contribution in [0.2, 0.25) is 0 Å². The van der Waals surface area contributed by atoms with Crippen molar-refractivity contribution in [3.63, 3.8) is 0 Å². The average molecular weight is 555 g/mol. The van der Waals surface area contributed by atoms with Crippen LogP contribution in [0.15, 0.2) is 90.2 Å². The first-order valence-electron chi connectivity index (χ1n) is 11.0. The van der Waals surface area contributed by atoms with E-state index in [4.69, 9.17) is 4.55 Å². The van der Waals surface area contributed by atoms with E-state index in [1.165, 1.54) is 24.3 Å². The van der Waals surface area contributed by atoms with Crippen LogP contribution in [0.4, 0.5) is 11.4 Å². The fourth-order valence-electron chi connectivity index (χ4n) is 4.31. The van der Waals surface area contributed by atoms with Gasteiger partial charge < -0.3 is 0 Å². The molecular weight excluding hydrogens is 536 g/mol. The molecule has 0 bridgehead atoms. The Morgan fingerprint density at radius 2 is 1.47 bits per heavy atom. The molecule has 0 aliphatic heterocycles. The predicted octanol–water partition coefficient (Wildman–Crippen LogP) is 0.883. The fourth-order valence-corrected chi connectivity index (χ4v) is 5.55. The molecule has 4 aromatic carbocycles. The summed E-state index contributed by atoms with van der Waals surface area (Å²) in [6.07, 6.45) is 1.07. The summed E-state index contributed by atoms with van der Waals surface area (Å²) in [6, 6.07) is 13.6. The van der Waals surface area contributed by atoms with E-state index in [-0.39, 0.29) is 20.8 Å². The van der Waals surface area contributed by atoms with Gasteiger partial charge in [-0.15, -0.1) is 0 Å². The maximum atomic E-state index is 12.9. The first-order chi connectivity index (χ1) is 17.9. The summed E-state index contributed by atoms with van der Waals surface area (Å²) in [5.41, 5.74) is 6.03. The number of nitrogens with one attached hydrogen (secondary N) is 2. The second-order valence-corrected chi connectivity index (χ2v) is 11.2. The highest BCUT2D eigenvalue weighted by molar-refractivity contribution is 7.86. The first kappa shape index (κ1) is 25.4. The maximum absolute atomic E-state index is 12.9. The van der Waals surface area contributed by atoms with E-state index in [9.17, 15) is 31.0 Å². The second kappa shape index (κ2) is 9.25. The molecule has 0 saturated heterocycles. The van der Waals surface area contributed by atoms with Gasteiger partial charge in [0.05, 0.1) is 21.2 Å². The van der Waals surface area contributed by atoms with E-state index in [2.05, 4.69) is 21.1 Å². The zero-order valence-corrected chi connectivity index (χ0v) is 20.9. The third-order valence-corrected chi connectivity index (χ3v) is 7.88. The van der Waals surface area contributed by atoms with Gasteiger partial charge in [0, 0.05) is 5.39 Å². The SMILES string of the molecule is O=c1ccc(=NNc2ccc3c4c(c(S(=O)(=O)O)ccc24)CC3)c(=O)c1=NNc1ccc(S(=O)(=O)O)cc1. The number of nitrogens with zero attached hydrogens (tertiary/aromatic N) is 2. The van der Waals surface area contributed by atoms with Crippen LogP contribution in [0.1, 0.15) is 11.1 Å². The van der Waals surface area contributed by atoms with Crippen molar-refractivity contribution in [2.75, 3.05) is 10.9 Å². The van der Waals surface area contributed by atoms with Gasteiger partial charge in [0.2, 0.25) is 10.9 Å². The maximum Gasteiger partial charge on any atom is 0.294 e. The molecule has 0 heterocycles. The molecule has 14 heteroatoms. The van der Waals surface area contributed by atoms with Gasteiger partial charge in [-0.05, 0) is 77.9 Å². The molecular formula is C24H18N4O8S2. The van der Waals surface area contributed by atoms with Crippen LogP contribution in [0, 0.1) is 0 Å². The van der Waals surface area contributed by atoms with Crippen molar-refractivity contribution in [3.05, 3.63) is 103 Å². The molecule has 4 N–H and O–H groups in total. The molecule has 0 spiro atoms. The van der Waals surface area contributed by atoms with E-state index >= 15 is 0 Å². The molecule has 0 radical (unpaired) electrons. The van der Waals surface area contributed by atoms with Crippen molar-refractivity contribution in [2.45, 2.75) is 22.6 Å². The summed E-state index contributed by atoms with van der Waals surface area (Å²) in [7, 11) is -8.76. The van der Waals surface area contributed by atoms with Gasteiger partial charge in [-0.25, -0.2) is 0 Å². The Bertz CT molecular complexity index is 2070. The predicted molar refractivity (Wildman–Crippen MR) is 137 cm³/mol. The summed E-state index contributed by atoms with van der Waals surface area (Å²) in [5.74, 6) is 0. The lowest BCUT2D eigenvalue weighted by Gasteiger charge is -2.10. The number of aryl methyl sites for hydroxylation is 2. The molecule has 4 aromatic rings. The van der Waals surface area contributed by atoms with Crippen molar-refractivity contribution in [2.24, 2.45) is 10.2 Å². The number of anilines is 2. The largest absolute Gasteiger partial charge is 0.294 e. The van der Waals surface area contributed by atoms with Gasteiger partial charge in [0.25, 0.3) is 20.2 Å². The highest BCUT2D eigenvalue weighted by Gasteiger charge is 2.24. The molecule has 0 aromatic heterocycles. The van der Waals surface area contributed by atoms with Gasteiger partial charge in [-0.2, -0.15) is 27.0 Å². The van der Waals surface area contributed by atoms with Crippen molar-refractivity contribution in [1.29, 1.82) is 0 Å². The Balaban J connectivity index is 1.50. The molecule has 1 aliphatic rings. The van der Waals surface area contributed by atoms with Crippen LogP contribution < -0.4 is 32.4 Å². The second-order valence-electron chi connectivity index (χ2n) is 8.42. The number of rotatable bonds is 6. The lowest BCUT2D eigenvalue weighted by atomic mass is 10.0. The topological polar surface area (TPSA) is 192 Å². The summed E-state index contributed by atoms with van der Waals surface area (Å²) in [5, 5.41) is 8.74. The Morgan fingerprint density at radius 1 is 0.737 bits per heavy atom. The van der Waals surface area contributed by atoms with Crippen molar-refractivity contribution < 1.29 is 25.9 Å². The van der Waals surface area contributed by atoms with Crippen LogP contribution in [-0.4, -0.2) is 25.9 Å². The summed E-state index contributed by atoms with van der Waals surface area (Å²) < 4.78 is 64.5. The summed E-state index contributed by atoms with van der Waals surface area (Å²) in [6.45, 7) is 0. The van der Waals surface area contributed by atoms with Gasteiger partial charge in [0.1, 0.15) is 5.36 Å². The van der Waals surface area contributed by atoms with Crippen LogP contribution in [0.3, 0.4) is 0 Å². The highest BCUT2D eigenvalue weighted by Crippen LogP contribution is 2.38. The van der Waals surface area contributed by atoms with Crippen molar-refractivity contribution in [1.82, 2.24) is 0 Å². The zero-order chi connectivity index (χ0) is 27.2. The van der Waals surface area contributed by atoms with Crippen LogP contribution >= 0.6 is 0 Å². The molecule has 38 heavy (non-hydrogen) atoms. The normalized spacial score (nSPS) is 14.3. The molecule has 5 rings (SSSR count). The molecule has 194 valence electrons. The number of hydrogen-bond acceptors (Lipinski definition) is 10. The van der Waals surface area contributed by atoms with Crippen LogP contribution in [0.25, 0.3) is 10.8 Å². The minimum absolute atomic E-state index is 0.117. The van der Waals surface area contributed by atoms with Gasteiger partial charge in [-0.1, -0.05) is 12.1 Å². The molecule has 0 atom stereocenters. The standard InChI is InChI=1S/C24H18N4O8S2/c29-20-11-10-19(24(30)23(20)28-25-14-3-5-15(6-4-14)37(31,32)33)27-26-18-9-2-13-1-7-17-21(38(34,35)36)12-8-16(18)22(13)17/h2-6,8-12,25-26H,1,7H2,(H,31,32,33)(H,34,35,36). The van der Waals surface area contributed by atoms with E-state index in [1.807, 2.05) is 0 Å². The number of hydrogen-bond donors (Lipinski definition) is 4. The quantitative estimate of drug-likeness (QED) is 0.196. The lowest BCUT2D eigenvalue weighted by Crippen LogP contribution is -2.47. The first-order valence-corrected chi connectivity index (χ1v) is 13.9. The van der Waals surface area contributed by atoms with E-state index in [1.54, 1.807) is 18.2 Å². The molecule has 0 fully saturated rings. The smallest absolute Gasteiger partial charge is 0.287 e. The minimum atomic E-state index is -4.39.